The van der Waals surface area contributed by atoms with Crippen LogP contribution in [0, 0.1) is 0 Å². The smallest absolute Gasteiger partial charge is 0.408 e. The van der Waals surface area contributed by atoms with Gasteiger partial charge in [-0.15, -0.1) is 0 Å². The number of methoxy groups -OCH3 is 1. The van der Waals surface area contributed by atoms with Gasteiger partial charge in [0.05, 0.1) is 12.1 Å². The van der Waals surface area contributed by atoms with Crippen molar-refractivity contribution in [3.05, 3.63) is 24.0 Å². The molecule has 7 nitrogen and oxygen atoms in total. The van der Waals surface area contributed by atoms with E-state index in [0.29, 0.717) is 23.8 Å². The van der Waals surface area contributed by atoms with Gasteiger partial charge in [-0.2, -0.15) is 0 Å². The van der Waals surface area contributed by atoms with Crippen LogP contribution in [-0.4, -0.2) is 53.9 Å². The molecule has 0 aliphatic carbocycles. The normalized spacial score (nSPS) is 16.2. The van der Waals surface area contributed by atoms with Crippen LogP contribution < -0.4 is 10.5 Å². The summed E-state index contributed by atoms with van der Waals surface area (Å²) in [5.74, 6) is 1.86. The lowest BCUT2D eigenvalue weighted by Crippen LogP contribution is -2.34. The zero-order valence-electron chi connectivity index (χ0n) is 15.6. The molecule has 2 aromatic rings. The van der Waals surface area contributed by atoms with E-state index in [1.807, 2.05) is 12.1 Å². The van der Waals surface area contributed by atoms with Gasteiger partial charge in [-0.1, -0.05) is 13.0 Å². The van der Waals surface area contributed by atoms with Crippen LogP contribution in [0.3, 0.4) is 0 Å². The quantitative estimate of drug-likeness (QED) is 0.821. The number of carbonyl (C=O) groups is 1. The van der Waals surface area contributed by atoms with Crippen LogP contribution in [0.5, 0.6) is 5.75 Å². The molecule has 26 heavy (non-hydrogen) atoms. The van der Waals surface area contributed by atoms with Crippen LogP contribution in [0.25, 0.3) is 11.0 Å². The monoisotopic (exact) mass is 360 g/mol. The molecule has 2 heterocycles. The average molecular weight is 360 g/mol. The summed E-state index contributed by atoms with van der Waals surface area (Å²) in [5, 5.41) is 0. The van der Waals surface area contributed by atoms with E-state index in [1.54, 1.807) is 13.2 Å². The number of rotatable bonds is 7. The number of nitrogens with zero attached hydrogens (tertiary/aromatic N) is 3. The summed E-state index contributed by atoms with van der Waals surface area (Å²) in [4.78, 5) is 18.6. The molecule has 1 aliphatic rings. The molecule has 1 fully saturated rings. The van der Waals surface area contributed by atoms with Crippen molar-refractivity contribution in [3.63, 3.8) is 0 Å². The number of piperidine rings is 1. The number of amides is 1. The maximum Gasteiger partial charge on any atom is 0.410 e. The molecule has 0 saturated carbocycles. The summed E-state index contributed by atoms with van der Waals surface area (Å²) in [6, 6.07) is 5.59. The van der Waals surface area contributed by atoms with Crippen LogP contribution in [0.4, 0.5) is 4.79 Å². The van der Waals surface area contributed by atoms with Gasteiger partial charge in [0.25, 0.3) is 0 Å². The van der Waals surface area contributed by atoms with Gasteiger partial charge in [0.1, 0.15) is 11.3 Å². The van der Waals surface area contributed by atoms with Crippen molar-refractivity contribution in [1.82, 2.24) is 14.5 Å². The maximum absolute atomic E-state index is 11.2. The first-order valence-corrected chi connectivity index (χ1v) is 9.31. The van der Waals surface area contributed by atoms with Crippen molar-refractivity contribution in [2.45, 2.75) is 38.6 Å². The Hall–Kier alpha value is -2.12. The van der Waals surface area contributed by atoms with E-state index in [1.165, 1.54) is 6.42 Å². The minimum atomic E-state index is -0.821. The molecule has 0 unspecified atom stereocenters. The molecule has 3 rings (SSSR count). The fourth-order valence-corrected chi connectivity index (χ4v) is 3.79. The number of benzene rings is 1. The van der Waals surface area contributed by atoms with Crippen LogP contribution in [0.1, 0.15) is 37.9 Å². The molecular formula is C19H28N4O3. The summed E-state index contributed by atoms with van der Waals surface area (Å²) in [6.45, 7) is 6.89. The minimum absolute atomic E-state index is 0.397. The lowest BCUT2D eigenvalue weighted by atomic mass is 9.95. The summed E-state index contributed by atoms with van der Waals surface area (Å²) in [6.07, 6.45) is 2.54. The molecule has 142 valence electrons. The van der Waals surface area contributed by atoms with E-state index in [-0.39, 0.29) is 0 Å². The van der Waals surface area contributed by atoms with E-state index in [9.17, 15) is 4.79 Å². The summed E-state index contributed by atoms with van der Waals surface area (Å²) >= 11 is 0. The number of hydrogen-bond acceptors (Lipinski definition) is 5. The van der Waals surface area contributed by atoms with Gasteiger partial charge in [0, 0.05) is 19.6 Å². The molecular weight excluding hydrogens is 332 g/mol. The number of aromatic nitrogens is 2. The fraction of sp³-hybridized carbons (Fsp3) is 0.579. The van der Waals surface area contributed by atoms with E-state index in [4.69, 9.17) is 20.2 Å². The largest absolute Gasteiger partial charge is 0.410 e. The number of imidazole rings is 1. The van der Waals surface area contributed by atoms with Crippen LogP contribution in [0.15, 0.2) is 18.2 Å². The van der Waals surface area contributed by atoms with Crippen molar-refractivity contribution in [1.29, 1.82) is 0 Å². The Bertz CT molecular complexity index is 751. The van der Waals surface area contributed by atoms with Crippen molar-refractivity contribution >= 4 is 17.1 Å². The predicted octanol–water partition coefficient (Wildman–Crippen LogP) is 2.73. The Morgan fingerprint density at radius 3 is 2.73 bits per heavy atom. The van der Waals surface area contributed by atoms with Gasteiger partial charge in [-0.3, -0.25) is 0 Å². The van der Waals surface area contributed by atoms with Crippen LogP contribution in [0.2, 0.25) is 0 Å². The third-order valence-corrected chi connectivity index (χ3v) is 4.99. The first kappa shape index (κ1) is 18.7. The molecule has 0 spiro atoms. The van der Waals surface area contributed by atoms with Crippen molar-refractivity contribution in [2.24, 2.45) is 5.73 Å². The summed E-state index contributed by atoms with van der Waals surface area (Å²) in [7, 11) is 1.70. The Morgan fingerprint density at radius 1 is 1.31 bits per heavy atom. The Kier molecular flexibility index (Phi) is 6.11. The van der Waals surface area contributed by atoms with Crippen molar-refractivity contribution in [3.8, 4) is 5.75 Å². The number of primary amides is 1. The van der Waals surface area contributed by atoms with Crippen molar-refractivity contribution < 1.29 is 14.3 Å². The maximum atomic E-state index is 11.2. The fourth-order valence-electron chi connectivity index (χ4n) is 3.79. The third-order valence-electron chi connectivity index (χ3n) is 4.99. The standard InChI is InChI=1S/C19H28N4O3/c1-3-9-22-10-7-14(8-11-22)18-21-17-15(23(18)12-13-25-2)5-4-6-16(17)26-19(20)24/h4-6,14H,3,7-13H2,1-2H3,(H2,20,24). The minimum Gasteiger partial charge on any atom is -0.408 e. The molecule has 2 N–H and O–H groups in total. The number of para-hydroxylation sites is 1. The van der Waals surface area contributed by atoms with Gasteiger partial charge in [-0.05, 0) is 51.0 Å². The van der Waals surface area contributed by atoms with Gasteiger partial charge < -0.3 is 24.7 Å². The Labute approximate surface area is 154 Å². The van der Waals surface area contributed by atoms with Crippen LogP contribution >= 0.6 is 0 Å². The summed E-state index contributed by atoms with van der Waals surface area (Å²) < 4.78 is 12.6. The highest BCUT2D eigenvalue weighted by atomic mass is 16.5. The number of fused-ring (bicyclic) bond motifs is 1. The number of ether oxygens (including phenoxy) is 2. The van der Waals surface area contributed by atoms with Crippen molar-refractivity contribution in [2.75, 3.05) is 33.4 Å². The van der Waals surface area contributed by atoms with Gasteiger partial charge in [0.15, 0.2) is 5.75 Å². The molecule has 1 amide bonds. The molecule has 0 bridgehead atoms. The zero-order chi connectivity index (χ0) is 18.5. The predicted molar refractivity (Wildman–Crippen MR) is 101 cm³/mol. The Balaban J connectivity index is 1.94. The SMILES string of the molecule is CCCN1CCC(c2nc3c(OC(N)=O)cccc3n2CCOC)CC1. The lowest BCUT2D eigenvalue weighted by molar-refractivity contribution is 0.182. The van der Waals surface area contributed by atoms with Gasteiger partial charge in [0.2, 0.25) is 0 Å². The summed E-state index contributed by atoms with van der Waals surface area (Å²) in [5.41, 5.74) is 6.84. The van der Waals surface area contributed by atoms with Gasteiger partial charge in [-0.25, -0.2) is 9.78 Å². The molecule has 1 aromatic carbocycles. The number of carbonyl (C=O) groups excluding carboxylic acids is 1. The second kappa shape index (κ2) is 8.51. The molecule has 1 saturated heterocycles. The lowest BCUT2D eigenvalue weighted by Gasteiger charge is -2.31. The van der Waals surface area contributed by atoms with E-state index < -0.39 is 6.09 Å². The number of nitrogens with two attached hydrogens (primary N) is 1. The van der Waals surface area contributed by atoms with E-state index in [2.05, 4.69) is 16.4 Å². The molecule has 0 radical (unpaired) electrons. The highest BCUT2D eigenvalue weighted by Crippen LogP contribution is 2.33. The van der Waals surface area contributed by atoms with E-state index in [0.717, 1.165) is 50.4 Å². The second-order valence-corrected chi connectivity index (χ2v) is 6.78. The first-order chi connectivity index (χ1) is 12.6. The topological polar surface area (TPSA) is 82.6 Å². The molecule has 1 aromatic heterocycles. The van der Waals surface area contributed by atoms with E-state index >= 15 is 0 Å². The second-order valence-electron chi connectivity index (χ2n) is 6.78. The first-order valence-electron chi connectivity index (χ1n) is 9.31. The Morgan fingerprint density at radius 2 is 2.08 bits per heavy atom. The number of hydrogen-bond donors (Lipinski definition) is 1. The highest BCUT2D eigenvalue weighted by molar-refractivity contribution is 5.85. The molecule has 0 atom stereocenters. The highest BCUT2D eigenvalue weighted by Gasteiger charge is 2.26. The average Bonchev–Trinajstić information content (AvgIpc) is 3.00. The number of likely N-dealkylation sites (tertiary alicyclic amines) is 1. The molecule has 1 aliphatic heterocycles. The molecule has 7 heteroatoms. The van der Waals surface area contributed by atoms with Crippen LogP contribution in [-0.2, 0) is 11.3 Å². The van der Waals surface area contributed by atoms with Gasteiger partial charge >= 0.3 is 6.09 Å². The third kappa shape index (κ3) is 3.99. The zero-order valence-corrected chi connectivity index (χ0v) is 15.6.